The fourth-order valence-electron chi connectivity index (χ4n) is 3.86. The van der Waals surface area contributed by atoms with Crippen LogP contribution in [0.3, 0.4) is 0 Å². The van der Waals surface area contributed by atoms with Gasteiger partial charge in [0.2, 0.25) is 11.4 Å². The number of anilines is 1. The molecule has 31 heavy (non-hydrogen) atoms. The molecule has 1 fully saturated rings. The molecule has 4 rings (SSSR count). The number of ether oxygens (including phenoxy) is 1. The second-order valence-corrected chi connectivity index (χ2v) is 7.34. The predicted octanol–water partition coefficient (Wildman–Crippen LogP) is 1.16. The Hall–Kier alpha value is -4.01. The first-order valence-electron chi connectivity index (χ1n) is 9.68. The van der Waals surface area contributed by atoms with Gasteiger partial charge in [-0.05, 0) is 31.0 Å². The topological polar surface area (TPSA) is 133 Å². The summed E-state index contributed by atoms with van der Waals surface area (Å²) >= 11 is 0. The van der Waals surface area contributed by atoms with E-state index in [0.717, 1.165) is 4.57 Å². The minimum atomic E-state index is -2.08. The number of nitrogens with two attached hydrogens (primary N) is 1. The average Bonchev–Trinajstić information content (AvgIpc) is 2.74. The number of benzene rings is 2. The number of nitrogens with zero attached hydrogens (tertiary/aromatic N) is 2. The van der Waals surface area contributed by atoms with Gasteiger partial charge in [-0.3, -0.25) is 24.3 Å². The third-order valence-electron chi connectivity index (χ3n) is 5.37. The van der Waals surface area contributed by atoms with Gasteiger partial charge < -0.3 is 10.5 Å². The fraction of sp³-hybridized carbons (Fsp3) is 0.227. The Labute approximate surface area is 176 Å². The number of carbonyl (C=O) groups is 3. The number of hydrogen-bond acceptors (Lipinski definition) is 7. The first-order valence-corrected chi connectivity index (χ1v) is 9.68. The van der Waals surface area contributed by atoms with E-state index in [2.05, 4.69) is 10.3 Å². The van der Waals surface area contributed by atoms with Crippen molar-refractivity contribution in [2.75, 3.05) is 5.73 Å². The highest BCUT2D eigenvalue weighted by molar-refractivity contribution is 6.13. The Morgan fingerprint density at radius 2 is 1.90 bits per heavy atom. The summed E-state index contributed by atoms with van der Waals surface area (Å²) in [5.41, 5.74) is 4.49. The molecule has 2 aromatic carbocycles. The first-order chi connectivity index (χ1) is 14.8. The molecule has 1 aromatic heterocycles. The Kier molecular flexibility index (Phi) is 5.02. The summed E-state index contributed by atoms with van der Waals surface area (Å²) in [6.07, 6.45) is -0.369. The molecule has 0 unspecified atom stereocenters. The molecule has 0 aliphatic carbocycles. The van der Waals surface area contributed by atoms with Gasteiger partial charge in [0, 0.05) is 12.1 Å². The summed E-state index contributed by atoms with van der Waals surface area (Å²) in [7, 11) is 0. The maximum absolute atomic E-state index is 13.5. The van der Waals surface area contributed by atoms with Crippen molar-refractivity contribution in [3.05, 3.63) is 70.3 Å². The SMILES string of the molecule is Cc1nc2cccc(N)c2c(=O)n1[C@]1(C(=O)OCc2ccccc2)CCC(=O)NC1=O. The number of nitrogen functional groups attached to an aromatic ring is 1. The van der Waals surface area contributed by atoms with Crippen LogP contribution >= 0.6 is 0 Å². The van der Waals surface area contributed by atoms with E-state index in [1.165, 1.54) is 13.0 Å². The largest absolute Gasteiger partial charge is 0.459 e. The van der Waals surface area contributed by atoms with Crippen LogP contribution in [-0.4, -0.2) is 27.3 Å². The Bertz CT molecular complexity index is 1270. The van der Waals surface area contributed by atoms with Crippen molar-refractivity contribution >= 4 is 34.4 Å². The number of nitrogens with one attached hydrogen (secondary N) is 1. The number of carbonyl (C=O) groups excluding carboxylic acids is 3. The number of hydrogen-bond donors (Lipinski definition) is 2. The zero-order valence-corrected chi connectivity index (χ0v) is 16.8. The summed E-state index contributed by atoms with van der Waals surface area (Å²) in [5.74, 6) is -2.27. The van der Waals surface area contributed by atoms with Crippen LogP contribution in [0.4, 0.5) is 5.69 Å². The molecule has 1 saturated heterocycles. The van der Waals surface area contributed by atoms with Gasteiger partial charge in [0.1, 0.15) is 12.4 Å². The van der Waals surface area contributed by atoms with E-state index in [9.17, 15) is 19.2 Å². The number of aromatic nitrogens is 2. The van der Waals surface area contributed by atoms with Crippen LogP contribution in [0, 0.1) is 6.92 Å². The number of aryl methyl sites for hydroxylation is 1. The van der Waals surface area contributed by atoms with E-state index in [1.54, 1.807) is 36.4 Å². The molecule has 1 aliphatic heterocycles. The number of fused-ring (bicyclic) bond motifs is 1. The fourth-order valence-corrected chi connectivity index (χ4v) is 3.86. The highest BCUT2D eigenvalue weighted by atomic mass is 16.5. The summed E-state index contributed by atoms with van der Waals surface area (Å²) in [6, 6.07) is 13.7. The van der Waals surface area contributed by atoms with Crippen LogP contribution in [-0.2, 0) is 31.3 Å². The van der Waals surface area contributed by atoms with Crippen LogP contribution in [0.2, 0.25) is 0 Å². The van der Waals surface area contributed by atoms with Gasteiger partial charge in [0.05, 0.1) is 10.9 Å². The van der Waals surface area contributed by atoms with E-state index >= 15 is 0 Å². The molecule has 0 saturated carbocycles. The molecular formula is C22H20N4O5. The summed E-state index contributed by atoms with van der Waals surface area (Å²) in [4.78, 5) is 56.0. The number of amides is 2. The quantitative estimate of drug-likeness (QED) is 0.280. The summed E-state index contributed by atoms with van der Waals surface area (Å²) in [5, 5.41) is 2.26. The Balaban J connectivity index is 1.87. The Morgan fingerprint density at radius 1 is 1.16 bits per heavy atom. The van der Waals surface area contributed by atoms with Gasteiger partial charge in [0.15, 0.2) is 0 Å². The molecule has 0 spiro atoms. The van der Waals surface area contributed by atoms with Crippen LogP contribution in [0.15, 0.2) is 53.3 Å². The Morgan fingerprint density at radius 3 is 2.61 bits per heavy atom. The zero-order valence-electron chi connectivity index (χ0n) is 16.8. The molecule has 0 bridgehead atoms. The summed E-state index contributed by atoms with van der Waals surface area (Å²) < 4.78 is 6.45. The maximum Gasteiger partial charge on any atom is 0.342 e. The van der Waals surface area contributed by atoms with Crippen molar-refractivity contribution < 1.29 is 19.1 Å². The molecule has 0 radical (unpaired) electrons. The van der Waals surface area contributed by atoms with Gasteiger partial charge >= 0.3 is 5.97 Å². The minimum Gasteiger partial charge on any atom is -0.459 e. The van der Waals surface area contributed by atoms with Gasteiger partial charge in [-0.25, -0.2) is 9.78 Å². The van der Waals surface area contributed by atoms with E-state index in [4.69, 9.17) is 10.5 Å². The molecular weight excluding hydrogens is 400 g/mol. The highest BCUT2D eigenvalue weighted by Gasteiger charge is 2.54. The van der Waals surface area contributed by atoms with Crippen molar-refractivity contribution in [1.82, 2.24) is 14.9 Å². The predicted molar refractivity (Wildman–Crippen MR) is 112 cm³/mol. The number of piperidine rings is 1. The van der Waals surface area contributed by atoms with Crippen molar-refractivity contribution in [1.29, 1.82) is 0 Å². The average molecular weight is 420 g/mol. The molecule has 9 nitrogen and oxygen atoms in total. The van der Waals surface area contributed by atoms with E-state index < -0.39 is 28.9 Å². The van der Waals surface area contributed by atoms with Crippen LogP contribution < -0.4 is 16.6 Å². The van der Waals surface area contributed by atoms with Gasteiger partial charge in [0.25, 0.3) is 11.5 Å². The number of esters is 1. The first kappa shape index (κ1) is 20.3. The normalized spacial score (nSPS) is 18.6. The number of imide groups is 1. The van der Waals surface area contributed by atoms with E-state index in [1.807, 2.05) is 6.07 Å². The second-order valence-electron chi connectivity index (χ2n) is 7.34. The molecule has 1 aliphatic rings. The molecule has 9 heteroatoms. The third kappa shape index (κ3) is 3.33. The van der Waals surface area contributed by atoms with Gasteiger partial charge in [-0.1, -0.05) is 36.4 Å². The second kappa shape index (κ2) is 7.67. The molecule has 1 atom stereocenters. The van der Waals surface area contributed by atoms with Crippen molar-refractivity contribution in [3.63, 3.8) is 0 Å². The highest BCUT2D eigenvalue weighted by Crippen LogP contribution is 2.30. The third-order valence-corrected chi connectivity index (χ3v) is 5.37. The van der Waals surface area contributed by atoms with Crippen LogP contribution in [0.1, 0.15) is 24.2 Å². The lowest BCUT2D eigenvalue weighted by molar-refractivity contribution is -0.164. The maximum atomic E-state index is 13.5. The smallest absolute Gasteiger partial charge is 0.342 e. The van der Waals surface area contributed by atoms with Gasteiger partial charge in [-0.15, -0.1) is 0 Å². The van der Waals surface area contributed by atoms with Crippen molar-refractivity contribution in [2.45, 2.75) is 31.9 Å². The zero-order chi connectivity index (χ0) is 22.2. The van der Waals surface area contributed by atoms with Crippen molar-refractivity contribution in [3.8, 4) is 0 Å². The van der Waals surface area contributed by atoms with Crippen LogP contribution in [0.25, 0.3) is 10.9 Å². The van der Waals surface area contributed by atoms with E-state index in [-0.39, 0.29) is 36.3 Å². The monoisotopic (exact) mass is 420 g/mol. The molecule has 158 valence electrons. The minimum absolute atomic E-state index is 0.0908. The van der Waals surface area contributed by atoms with Crippen LogP contribution in [0.5, 0.6) is 0 Å². The summed E-state index contributed by atoms with van der Waals surface area (Å²) in [6.45, 7) is 1.42. The lowest BCUT2D eigenvalue weighted by atomic mass is 9.87. The standard InChI is InChI=1S/C22H20N4O5/c1-13-24-16-9-5-8-15(23)18(16)19(28)26(13)22(11-10-17(27)25-20(22)29)21(30)31-12-14-6-3-2-4-7-14/h2-9H,10-12,23H2,1H3,(H,25,27,29)/t22-/m1/s1. The molecule has 2 amide bonds. The van der Waals surface area contributed by atoms with Gasteiger partial charge in [-0.2, -0.15) is 0 Å². The lowest BCUT2D eigenvalue weighted by Crippen LogP contribution is -2.62. The molecule has 2 heterocycles. The van der Waals surface area contributed by atoms with E-state index in [0.29, 0.717) is 11.1 Å². The lowest BCUT2D eigenvalue weighted by Gasteiger charge is -2.35. The molecule has 3 N–H and O–H groups in total. The van der Waals surface area contributed by atoms with Crippen molar-refractivity contribution in [2.24, 2.45) is 0 Å². The molecule has 3 aromatic rings. The number of rotatable bonds is 4.